The molecule has 0 spiro atoms. The van der Waals surface area contributed by atoms with Crippen LogP contribution in [0.2, 0.25) is 0 Å². The van der Waals surface area contributed by atoms with Crippen LogP contribution < -0.4 is 3.40 Å². The molecule has 1 fully saturated rings. The molecule has 0 amide bonds. The standard InChI is InChI=1S/C13H13BrNO3Se/c1-18-12(16)8-3-6-15-9(7-8)10(14)11(19-15)13(17)4-2-5-13/h3,6-7,17H,2,4-5H2,1H3/q+1. The van der Waals surface area contributed by atoms with E-state index in [1.165, 1.54) is 7.11 Å². The number of esters is 1. The average molecular weight is 390 g/mol. The van der Waals surface area contributed by atoms with Gasteiger partial charge < -0.3 is 0 Å². The van der Waals surface area contributed by atoms with Gasteiger partial charge in [-0.25, -0.2) is 0 Å². The third-order valence-electron chi connectivity index (χ3n) is 3.56. The molecular weight excluding hydrogens is 377 g/mol. The molecule has 6 heteroatoms. The molecule has 2 aromatic heterocycles. The van der Waals surface area contributed by atoms with E-state index in [0.717, 1.165) is 33.7 Å². The number of halogens is 1. The van der Waals surface area contributed by atoms with Crippen molar-refractivity contribution in [1.29, 1.82) is 0 Å². The number of nitrogens with zero attached hydrogens (tertiary/aromatic N) is 1. The predicted octanol–water partition coefficient (Wildman–Crippen LogP) is 1.40. The Labute approximate surface area is 125 Å². The van der Waals surface area contributed by atoms with Crippen molar-refractivity contribution in [2.75, 3.05) is 7.11 Å². The Bertz CT molecular complexity index is 663. The van der Waals surface area contributed by atoms with E-state index < -0.39 is 5.60 Å². The minimum atomic E-state index is -0.643. The van der Waals surface area contributed by atoms with E-state index in [9.17, 15) is 9.90 Å². The second-order valence-corrected chi connectivity index (χ2v) is 7.60. The first-order valence-corrected chi connectivity index (χ1v) is 8.42. The topological polar surface area (TPSA) is 50.6 Å². The maximum absolute atomic E-state index is 11.6. The zero-order valence-electron chi connectivity index (χ0n) is 10.4. The molecule has 2 heterocycles. The number of hydrogen-bond donors (Lipinski definition) is 1. The van der Waals surface area contributed by atoms with E-state index in [1.54, 1.807) is 6.07 Å². The van der Waals surface area contributed by atoms with Gasteiger partial charge >= 0.3 is 125 Å². The third kappa shape index (κ3) is 2.07. The number of pyridine rings is 1. The SMILES string of the molecule is COC(=O)c1cc[n+]2[se]c(C3(O)CCC3)c(Br)c2c1. The number of methoxy groups -OCH3 is 1. The van der Waals surface area contributed by atoms with E-state index >= 15 is 0 Å². The van der Waals surface area contributed by atoms with Crippen molar-refractivity contribution in [2.24, 2.45) is 0 Å². The Morgan fingerprint density at radius 2 is 2.32 bits per heavy atom. The number of aromatic nitrogens is 1. The molecule has 1 N–H and O–H groups in total. The molecule has 1 aliphatic rings. The second kappa shape index (κ2) is 4.70. The Kier molecular flexibility index (Phi) is 3.29. The first-order valence-electron chi connectivity index (χ1n) is 6.00. The molecule has 2 aromatic rings. The monoisotopic (exact) mass is 390 g/mol. The van der Waals surface area contributed by atoms with Gasteiger partial charge in [0.15, 0.2) is 0 Å². The molecule has 3 rings (SSSR count). The number of hydrogen-bond acceptors (Lipinski definition) is 3. The van der Waals surface area contributed by atoms with Gasteiger partial charge in [0.1, 0.15) is 0 Å². The molecule has 1 saturated carbocycles. The van der Waals surface area contributed by atoms with Crippen LogP contribution in [0, 0.1) is 0 Å². The molecule has 1 aliphatic carbocycles. The first-order chi connectivity index (χ1) is 9.05. The molecule has 0 radical (unpaired) electrons. The zero-order chi connectivity index (χ0) is 13.6. The number of fused-ring (bicyclic) bond motifs is 1. The van der Waals surface area contributed by atoms with Gasteiger partial charge in [-0.15, -0.1) is 0 Å². The van der Waals surface area contributed by atoms with Gasteiger partial charge in [0.25, 0.3) is 0 Å². The van der Waals surface area contributed by atoms with Gasteiger partial charge in [0.05, 0.1) is 0 Å². The zero-order valence-corrected chi connectivity index (χ0v) is 13.6. The van der Waals surface area contributed by atoms with Crippen molar-refractivity contribution >= 4 is 42.1 Å². The molecule has 0 bridgehead atoms. The third-order valence-corrected chi connectivity index (χ3v) is 7.64. The van der Waals surface area contributed by atoms with E-state index in [4.69, 9.17) is 4.74 Å². The summed E-state index contributed by atoms with van der Waals surface area (Å²) in [5.74, 6) is -0.341. The second-order valence-electron chi connectivity index (χ2n) is 4.74. The van der Waals surface area contributed by atoms with Gasteiger partial charge in [-0.05, 0) is 0 Å². The Hall–Kier alpha value is -0.681. The summed E-state index contributed by atoms with van der Waals surface area (Å²) in [6.45, 7) is 0. The van der Waals surface area contributed by atoms with Crippen molar-refractivity contribution in [3.63, 3.8) is 0 Å². The van der Waals surface area contributed by atoms with Crippen molar-refractivity contribution in [2.45, 2.75) is 24.9 Å². The Morgan fingerprint density at radius 1 is 1.58 bits per heavy atom. The first kappa shape index (κ1) is 13.3. The fraction of sp³-hybridized carbons (Fsp3) is 0.385. The van der Waals surface area contributed by atoms with Crippen LogP contribution in [-0.2, 0) is 10.3 Å². The number of rotatable bonds is 2. The van der Waals surface area contributed by atoms with Crippen LogP contribution in [-0.4, -0.2) is 32.9 Å². The summed E-state index contributed by atoms with van der Waals surface area (Å²) in [7, 11) is 1.38. The molecule has 0 aliphatic heterocycles. The summed E-state index contributed by atoms with van der Waals surface area (Å²) in [5.41, 5.74) is 0.831. The van der Waals surface area contributed by atoms with Crippen molar-refractivity contribution in [1.82, 2.24) is 0 Å². The molecule has 0 unspecified atom stereocenters. The van der Waals surface area contributed by atoms with Gasteiger partial charge in [-0.3, -0.25) is 0 Å². The summed E-state index contributed by atoms with van der Waals surface area (Å²) < 4.78 is 8.83. The van der Waals surface area contributed by atoms with Crippen molar-refractivity contribution < 1.29 is 18.0 Å². The predicted molar refractivity (Wildman–Crippen MR) is 73.3 cm³/mol. The number of aliphatic hydroxyl groups is 1. The van der Waals surface area contributed by atoms with E-state index in [1.807, 2.05) is 12.3 Å². The van der Waals surface area contributed by atoms with Crippen molar-refractivity contribution in [3.8, 4) is 0 Å². The van der Waals surface area contributed by atoms with Crippen LogP contribution >= 0.6 is 15.9 Å². The normalized spacial score (nSPS) is 17.2. The van der Waals surface area contributed by atoms with E-state index in [2.05, 4.69) is 19.3 Å². The van der Waals surface area contributed by atoms with E-state index in [0.29, 0.717) is 5.56 Å². The van der Waals surface area contributed by atoms with Gasteiger partial charge in [-0.2, -0.15) is 0 Å². The Balaban J connectivity index is 2.13. The van der Waals surface area contributed by atoms with E-state index in [-0.39, 0.29) is 20.7 Å². The quantitative estimate of drug-likeness (QED) is 0.623. The van der Waals surface area contributed by atoms with Crippen LogP contribution in [0.25, 0.3) is 5.52 Å². The van der Waals surface area contributed by atoms with Crippen LogP contribution in [0.4, 0.5) is 0 Å². The summed E-state index contributed by atoms with van der Waals surface area (Å²) in [6.07, 6.45) is 4.62. The molecule has 0 saturated heterocycles. The molecule has 100 valence electrons. The molecule has 0 atom stereocenters. The van der Waals surface area contributed by atoms with Gasteiger partial charge in [0, 0.05) is 0 Å². The van der Waals surface area contributed by atoms with Crippen LogP contribution in [0.5, 0.6) is 0 Å². The van der Waals surface area contributed by atoms with Crippen LogP contribution in [0.3, 0.4) is 0 Å². The summed E-state index contributed by atoms with van der Waals surface area (Å²) in [6, 6.07) is 3.57. The average Bonchev–Trinajstić information content (AvgIpc) is 2.72. The summed E-state index contributed by atoms with van der Waals surface area (Å²) >= 11 is 3.64. The molecular formula is C13H13BrNO3Se+. The summed E-state index contributed by atoms with van der Waals surface area (Å²) in [4.78, 5) is 11.6. The van der Waals surface area contributed by atoms with Gasteiger partial charge in [-0.1, -0.05) is 0 Å². The molecule has 19 heavy (non-hydrogen) atoms. The number of carbonyl (C=O) groups excluding carboxylic acids is 1. The fourth-order valence-corrected chi connectivity index (χ4v) is 5.92. The van der Waals surface area contributed by atoms with Crippen molar-refractivity contribution in [3.05, 3.63) is 32.8 Å². The molecule has 4 nitrogen and oxygen atoms in total. The van der Waals surface area contributed by atoms with Crippen LogP contribution in [0.15, 0.2) is 22.8 Å². The maximum atomic E-state index is 11.6. The summed E-state index contributed by atoms with van der Waals surface area (Å²) in [5, 5.41) is 10.5. The van der Waals surface area contributed by atoms with Crippen LogP contribution in [0.1, 0.15) is 34.1 Å². The van der Waals surface area contributed by atoms with Gasteiger partial charge in [0.2, 0.25) is 0 Å². The molecule has 0 aromatic carbocycles. The minimum absolute atomic E-state index is 0.0536. The number of ether oxygens (including phenoxy) is 1. The number of carbonyl (C=O) groups is 1. The Morgan fingerprint density at radius 3 is 2.89 bits per heavy atom. The fourth-order valence-electron chi connectivity index (χ4n) is 2.25.